The van der Waals surface area contributed by atoms with Crippen molar-refractivity contribution >= 4 is 0 Å². The Bertz CT molecular complexity index is 387. The van der Waals surface area contributed by atoms with Gasteiger partial charge in [0.05, 0.1) is 12.6 Å². The summed E-state index contributed by atoms with van der Waals surface area (Å²) in [7, 11) is 0. The summed E-state index contributed by atoms with van der Waals surface area (Å²) in [6.07, 6.45) is 0. The highest BCUT2D eigenvalue weighted by atomic mass is 19.1. The Morgan fingerprint density at radius 2 is 2.21 bits per heavy atom. The van der Waals surface area contributed by atoms with Gasteiger partial charge in [-0.2, -0.15) is 5.26 Å². The van der Waals surface area contributed by atoms with Crippen molar-refractivity contribution in [2.24, 2.45) is 5.73 Å². The number of nitrogens with zero attached hydrogens (tertiary/aromatic N) is 1. The van der Waals surface area contributed by atoms with E-state index >= 15 is 0 Å². The van der Waals surface area contributed by atoms with Crippen molar-refractivity contribution in [3.63, 3.8) is 0 Å². The van der Waals surface area contributed by atoms with E-state index in [1.54, 1.807) is 0 Å². The van der Waals surface area contributed by atoms with E-state index in [2.05, 4.69) is 0 Å². The number of benzene rings is 1. The summed E-state index contributed by atoms with van der Waals surface area (Å²) in [6, 6.07) is 2.98. The van der Waals surface area contributed by atoms with E-state index in [1.807, 2.05) is 0 Å². The summed E-state index contributed by atoms with van der Waals surface area (Å²) in [4.78, 5) is 0. The van der Waals surface area contributed by atoms with Gasteiger partial charge >= 0.3 is 0 Å². The predicted molar refractivity (Wildman–Crippen MR) is 46.8 cm³/mol. The van der Waals surface area contributed by atoms with Gasteiger partial charge in [0.1, 0.15) is 23.2 Å². The molecule has 14 heavy (non-hydrogen) atoms. The van der Waals surface area contributed by atoms with Crippen LogP contribution in [0.15, 0.2) is 12.1 Å². The average Bonchev–Trinajstić information content (AvgIpc) is 2.18. The second kappa shape index (κ2) is 4.05. The minimum Gasteiger partial charge on any atom is -0.506 e. The Morgan fingerprint density at radius 1 is 1.57 bits per heavy atom. The first kappa shape index (κ1) is 10.4. The lowest BCUT2D eigenvalue weighted by atomic mass is 10.0. The molecule has 0 radical (unpaired) electrons. The fraction of sp³-hybridized carbons (Fsp3) is 0.222. The van der Waals surface area contributed by atoms with E-state index in [1.165, 1.54) is 12.1 Å². The number of hydrogen-bond donors (Lipinski definition) is 3. The monoisotopic (exact) mass is 196 g/mol. The van der Waals surface area contributed by atoms with Crippen LogP contribution in [0.5, 0.6) is 5.75 Å². The molecular weight excluding hydrogens is 187 g/mol. The van der Waals surface area contributed by atoms with Crippen LogP contribution in [0.25, 0.3) is 0 Å². The van der Waals surface area contributed by atoms with Gasteiger partial charge in [-0.05, 0) is 6.07 Å². The molecule has 0 saturated heterocycles. The molecule has 0 heterocycles. The van der Waals surface area contributed by atoms with Gasteiger partial charge in [0.25, 0.3) is 0 Å². The highest BCUT2D eigenvalue weighted by Gasteiger charge is 2.16. The minimum absolute atomic E-state index is 0.158. The summed E-state index contributed by atoms with van der Waals surface area (Å²) in [6.45, 7) is -0.385. The molecule has 0 spiro atoms. The van der Waals surface area contributed by atoms with Crippen molar-refractivity contribution in [2.75, 3.05) is 6.61 Å². The highest BCUT2D eigenvalue weighted by molar-refractivity contribution is 5.49. The second-order valence-corrected chi connectivity index (χ2v) is 2.76. The average molecular weight is 196 g/mol. The lowest BCUT2D eigenvalue weighted by Gasteiger charge is -2.11. The van der Waals surface area contributed by atoms with Crippen molar-refractivity contribution < 1.29 is 14.6 Å². The Hall–Kier alpha value is -1.64. The van der Waals surface area contributed by atoms with Gasteiger partial charge in [0.15, 0.2) is 0 Å². The van der Waals surface area contributed by atoms with Crippen LogP contribution in [0.2, 0.25) is 0 Å². The first-order valence-electron chi connectivity index (χ1n) is 3.89. The Labute approximate surface area is 80.0 Å². The summed E-state index contributed by atoms with van der Waals surface area (Å²) in [5.41, 5.74) is 5.13. The highest BCUT2D eigenvalue weighted by Crippen LogP contribution is 2.28. The number of nitriles is 1. The van der Waals surface area contributed by atoms with E-state index < -0.39 is 23.2 Å². The maximum atomic E-state index is 12.9. The first-order chi connectivity index (χ1) is 6.61. The predicted octanol–water partition coefficient (Wildman–Crippen LogP) is 0.395. The Kier molecular flexibility index (Phi) is 3.02. The third-order valence-electron chi connectivity index (χ3n) is 1.87. The van der Waals surface area contributed by atoms with Crippen molar-refractivity contribution in [1.82, 2.24) is 0 Å². The lowest BCUT2D eigenvalue weighted by Crippen LogP contribution is -2.15. The maximum Gasteiger partial charge on any atom is 0.144 e. The molecule has 5 heteroatoms. The molecule has 0 aliphatic rings. The van der Waals surface area contributed by atoms with Gasteiger partial charge in [-0.15, -0.1) is 0 Å². The number of aromatic hydroxyl groups is 1. The number of nitrogens with two attached hydrogens (primary N) is 1. The van der Waals surface area contributed by atoms with Crippen molar-refractivity contribution in [3.05, 3.63) is 29.1 Å². The molecule has 0 unspecified atom stereocenters. The molecule has 4 N–H and O–H groups in total. The molecule has 1 atom stereocenters. The third-order valence-corrected chi connectivity index (χ3v) is 1.87. The van der Waals surface area contributed by atoms with E-state index in [4.69, 9.17) is 16.1 Å². The molecule has 0 saturated carbocycles. The molecule has 1 rings (SSSR count). The zero-order valence-corrected chi connectivity index (χ0v) is 7.24. The molecule has 0 bridgehead atoms. The number of aliphatic hydroxyl groups is 1. The van der Waals surface area contributed by atoms with E-state index in [0.717, 1.165) is 6.07 Å². The van der Waals surface area contributed by atoms with Gasteiger partial charge < -0.3 is 15.9 Å². The number of hydrogen-bond acceptors (Lipinski definition) is 4. The molecular formula is C9H9FN2O2. The van der Waals surface area contributed by atoms with Crippen molar-refractivity contribution in [3.8, 4) is 11.8 Å². The first-order valence-corrected chi connectivity index (χ1v) is 3.89. The SMILES string of the molecule is N#Cc1c(F)ccc([C@H](N)CO)c1O. The molecule has 74 valence electrons. The van der Waals surface area contributed by atoms with Gasteiger partial charge in [-0.25, -0.2) is 4.39 Å². The minimum atomic E-state index is -0.817. The van der Waals surface area contributed by atoms with Gasteiger partial charge in [-0.3, -0.25) is 0 Å². The van der Waals surface area contributed by atoms with Crippen LogP contribution in [-0.4, -0.2) is 16.8 Å². The number of aliphatic hydroxyl groups excluding tert-OH is 1. The summed E-state index contributed by atoms with van der Waals surface area (Å²) < 4.78 is 12.9. The summed E-state index contributed by atoms with van der Waals surface area (Å²) >= 11 is 0. The van der Waals surface area contributed by atoms with Crippen LogP contribution in [0.4, 0.5) is 4.39 Å². The number of phenolic OH excluding ortho intramolecular Hbond substituents is 1. The molecule has 0 fully saturated rings. The van der Waals surface area contributed by atoms with Crippen LogP contribution in [0.3, 0.4) is 0 Å². The smallest absolute Gasteiger partial charge is 0.144 e. The van der Waals surface area contributed by atoms with Crippen molar-refractivity contribution in [2.45, 2.75) is 6.04 Å². The van der Waals surface area contributed by atoms with E-state index in [9.17, 15) is 9.50 Å². The molecule has 4 nitrogen and oxygen atoms in total. The molecule has 0 aliphatic heterocycles. The second-order valence-electron chi connectivity index (χ2n) is 2.76. The van der Waals surface area contributed by atoms with Gasteiger partial charge in [0, 0.05) is 5.56 Å². The van der Waals surface area contributed by atoms with Gasteiger partial charge in [-0.1, -0.05) is 6.07 Å². The molecule has 0 aromatic heterocycles. The Balaban J connectivity index is 3.30. The largest absolute Gasteiger partial charge is 0.506 e. The third kappa shape index (κ3) is 1.66. The van der Waals surface area contributed by atoms with Crippen LogP contribution in [0, 0.1) is 17.1 Å². The van der Waals surface area contributed by atoms with Crippen LogP contribution >= 0.6 is 0 Å². The molecule has 1 aromatic carbocycles. The van der Waals surface area contributed by atoms with Crippen molar-refractivity contribution in [1.29, 1.82) is 5.26 Å². The number of halogens is 1. The van der Waals surface area contributed by atoms with Crippen LogP contribution in [0.1, 0.15) is 17.2 Å². The molecule has 0 aliphatic carbocycles. The number of phenols is 1. The van der Waals surface area contributed by atoms with E-state index in [-0.39, 0.29) is 12.2 Å². The summed E-state index contributed by atoms with van der Waals surface area (Å²) in [5, 5.41) is 26.7. The molecule has 1 aromatic rings. The zero-order chi connectivity index (χ0) is 10.7. The fourth-order valence-electron chi connectivity index (χ4n) is 1.09. The zero-order valence-electron chi connectivity index (χ0n) is 7.24. The van der Waals surface area contributed by atoms with Gasteiger partial charge in [0.2, 0.25) is 0 Å². The summed E-state index contributed by atoms with van der Waals surface area (Å²) in [5.74, 6) is -1.31. The topological polar surface area (TPSA) is 90.3 Å². The van der Waals surface area contributed by atoms with Crippen LogP contribution in [-0.2, 0) is 0 Å². The Morgan fingerprint density at radius 3 is 2.71 bits per heavy atom. The maximum absolute atomic E-state index is 12.9. The standard InChI is InChI=1S/C9H9FN2O2/c10-7-2-1-5(8(12)4-13)9(14)6(7)3-11/h1-2,8,13-14H,4,12H2/t8-/m1/s1. The quantitative estimate of drug-likeness (QED) is 0.638. The normalized spacial score (nSPS) is 12.1. The fourth-order valence-corrected chi connectivity index (χ4v) is 1.09. The lowest BCUT2D eigenvalue weighted by molar-refractivity contribution is 0.265. The van der Waals surface area contributed by atoms with E-state index in [0.29, 0.717) is 0 Å². The van der Waals surface area contributed by atoms with Crippen LogP contribution < -0.4 is 5.73 Å². The molecule has 0 amide bonds. The number of rotatable bonds is 2.